The number of aromatic amines is 1. The Labute approximate surface area is 154 Å². The summed E-state index contributed by atoms with van der Waals surface area (Å²) in [6.45, 7) is 0. The van der Waals surface area contributed by atoms with Gasteiger partial charge in [0.1, 0.15) is 0 Å². The molecule has 0 aliphatic heterocycles. The number of anilines is 1. The first-order valence-electron chi connectivity index (χ1n) is 7.05. The first-order valence-corrected chi connectivity index (χ1v) is 9.35. The number of nitrogens with one attached hydrogen (secondary N) is 2. The zero-order valence-corrected chi connectivity index (χ0v) is 15.0. The van der Waals surface area contributed by atoms with Gasteiger partial charge in [0.2, 0.25) is 0 Å². The highest BCUT2D eigenvalue weighted by molar-refractivity contribution is 7.95. The summed E-state index contributed by atoms with van der Waals surface area (Å²) in [6.07, 6.45) is 4.66. The predicted octanol–water partition coefficient (Wildman–Crippen LogP) is 4.19. The molecular weight excluding hydrogens is 383 g/mol. The summed E-state index contributed by atoms with van der Waals surface area (Å²) >= 11 is 11.8. The second-order valence-corrected chi connectivity index (χ2v) is 7.43. The van der Waals surface area contributed by atoms with Gasteiger partial charge in [-0.1, -0.05) is 29.3 Å². The first kappa shape index (κ1) is 17.5. The maximum Gasteiger partial charge on any atom is 0.256 e. The molecular formula is C16H12Cl2N4O2S. The number of halogens is 2. The van der Waals surface area contributed by atoms with Crippen molar-refractivity contribution in [3.05, 3.63) is 69.8 Å². The number of pyridine rings is 1. The minimum atomic E-state index is -3.75. The molecule has 0 fully saturated rings. The zero-order chi connectivity index (χ0) is 17.9. The van der Waals surface area contributed by atoms with E-state index in [0.29, 0.717) is 21.3 Å². The average Bonchev–Trinajstić information content (AvgIpc) is 3.02. The molecule has 0 radical (unpaired) electrons. The van der Waals surface area contributed by atoms with Gasteiger partial charge < -0.3 is 0 Å². The normalized spacial score (nSPS) is 11.8. The monoisotopic (exact) mass is 394 g/mol. The molecule has 0 spiro atoms. The van der Waals surface area contributed by atoms with Gasteiger partial charge in [-0.05, 0) is 35.9 Å². The van der Waals surface area contributed by atoms with Gasteiger partial charge in [-0.25, -0.2) is 8.42 Å². The van der Waals surface area contributed by atoms with E-state index in [-0.39, 0.29) is 5.82 Å². The van der Waals surface area contributed by atoms with Crippen molar-refractivity contribution in [1.29, 1.82) is 0 Å². The fourth-order valence-corrected chi connectivity index (χ4v) is 3.29. The molecule has 0 amide bonds. The number of benzene rings is 1. The van der Waals surface area contributed by atoms with Crippen molar-refractivity contribution in [2.75, 3.05) is 4.72 Å². The minimum Gasteiger partial charge on any atom is -0.276 e. The molecule has 128 valence electrons. The van der Waals surface area contributed by atoms with Crippen LogP contribution < -0.4 is 4.72 Å². The summed E-state index contributed by atoms with van der Waals surface area (Å²) in [5.41, 5.74) is 2.05. The van der Waals surface area contributed by atoms with Crippen LogP contribution in [0.25, 0.3) is 17.3 Å². The van der Waals surface area contributed by atoms with E-state index >= 15 is 0 Å². The number of aromatic nitrogens is 3. The number of hydrogen-bond acceptors (Lipinski definition) is 4. The van der Waals surface area contributed by atoms with Gasteiger partial charge in [0.25, 0.3) is 10.0 Å². The van der Waals surface area contributed by atoms with E-state index in [1.54, 1.807) is 42.7 Å². The summed E-state index contributed by atoms with van der Waals surface area (Å²) in [5, 5.41) is 8.57. The van der Waals surface area contributed by atoms with E-state index in [0.717, 1.165) is 11.0 Å². The first-order chi connectivity index (χ1) is 11.9. The third-order valence-electron chi connectivity index (χ3n) is 3.21. The van der Waals surface area contributed by atoms with Crippen LogP contribution in [-0.2, 0) is 10.0 Å². The number of hydrogen-bond donors (Lipinski definition) is 2. The molecule has 3 rings (SSSR count). The van der Waals surface area contributed by atoms with Crippen molar-refractivity contribution in [1.82, 2.24) is 15.2 Å². The molecule has 1 aromatic carbocycles. The number of rotatable bonds is 5. The summed E-state index contributed by atoms with van der Waals surface area (Å²) in [6, 6.07) is 9.96. The van der Waals surface area contributed by atoms with Crippen LogP contribution in [0.4, 0.5) is 5.82 Å². The lowest BCUT2D eigenvalue weighted by molar-refractivity contribution is 0.609. The highest BCUT2D eigenvalue weighted by Gasteiger charge is 2.10. The minimum absolute atomic E-state index is 0.179. The van der Waals surface area contributed by atoms with Crippen molar-refractivity contribution >= 4 is 45.1 Å². The van der Waals surface area contributed by atoms with E-state index in [2.05, 4.69) is 19.9 Å². The maximum absolute atomic E-state index is 12.2. The molecule has 0 atom stereocenters. The van der Waals surface area contributed by atoms with Crippen LogP contribution >= 0.6 is 23.2 Å². The van der Waals surface area contributed by atoms with Crippen LogP contribution in [0.15, 0.2) is 54.2 Å². The van der Waals surface area contributed by atoms with Gasteiger partial charge in [0.05, 0.1) is 11.1 Å². The lowest BCUT2D eigenvalue weighted by Gasteiger charge is -2.01. The van der Waals surface area contributed by atoms with Crippen LogP contribution in [0.1, 0.15) is 5.56 Å². The fourth-order valence-electron chi connectivity index (χ4n) is 2.03. The molecule has 0 aliphatic carbocycles. The summed E-state index contributed by atoms with van der Waals surface area (Å²) in [4.78, 5) is 3.93. The highest BCUT2D eigenvalue weighted by atomic mass is 35.5. The van der Waals surface area contributed by atoms with Gasteiger partial charge in [-0.3, -0.25) is 14.8 Å². The van der Waals surface area contributed by atoms with Crippen LogP contribution in [0.2, 0.25) is 10.0 Å². The molecule has 2 aromatic heterocycles. The van der Waals surface area contributed by atoms with Gasteiger partial charge in [-0.2, -0.15) is 5.10 Å². The molecule has 0 aliphatic rings. The van der Waals surface area contributed by atoms with Crippen molar-refractivity contribution < 1.29 is 8.42 Å². The Morgan fingerprint density at radius 2 is 1.84 bits per heavy atom. The third-order valence-corrected chi connectivity index (χ3v) is 4.76. The number of nitrogens with zero attached hydrogens (tertiary/aromatic N) is 2. The molecule has 0 saturated heterocycles. The Hall–Kier alpha value is -2.35. The number of sulfonamides is 1. The standard InChI is InChI=1S/C16H12Cl2N4O2S/c17-13-2-1-11(14(18)9-13)5-8-25(23,24)22-16-10-15(20-21-16)12-3-6-19-7-4-12/h1-10H,(H2,20,21,22)/b8-5+. The Bertz CT molecular complexity index is 1020. The van der Waals surface area contributed by atoms with Gasteiger partial charge >= 0.3 is 0 Å². The summed E-state index contributed by atoms with van der Waals surface area (Å²) in [7, 11) is -3.75. The highest BCUT2D eigenvalue weighted by Crippen LogP contribution is 2.23. The van der Waals surface area contributed by atoms with Crippen molar-refractivity contribution in [3.8, 4) is 11.3 Å². The van der Waals surface area contributed by atoms with E-state index in [4.69, 9.17) is 23.2 Å². The van der Waals surface area contributed by atoms with E-state index < -0.39 is 10.0 Å². The Balaban J connectivity index is 1.76. The molecule has 2 heterocycles. The van der Waals surface area contributed by atoms with Crippen molar-refractivity contribution in [3.63, 3.8) is 0 Å². The van der Waals surface area contributed by atoms with Crippen LogP contribution in [0, 0.1) is 0 Å². The Kier molecular flexibility index (Phi) is 5.08. The second-order valence-electron chi connectivity index (χ2n) is 5.02. The molecule has 2 N–H and O–H groups in total. The Morgan fingerprint density at radius 1 is 1.08 bits per heavy atom. The Morgan fingerprint density at radius 3 is 2.56 bits per heavy atom. The molecule has 0 saturated carbocycles. The van der Waals surface area contributed by atoms with Crippen molar-refractivity contribution in [2.45, 2.75) is 0 Å². The maximum atomic E-state index is 12.2. The second kappa shape index (κ2) is 7.26. The quantitative estimate of drug-likeness (QED) is 0.678. The molecule has 9 heteroatoms. The SMILES string of the molecule is O=S(=O)(/C=C/c1ccc(Cl)cc1Cl)Nc1cc(-c2ccncc2)[nH]n1. The molecule has 0 bridgehead atoms. The third kappa shape index (κ3) is 4.60. The zero-order valence-electron chi connectivity index (χ0n) is 12.6. The lowest BCUT2D eigenvalue weighted by Crippen LogP contribution is -2.09. The van der Waals surface area contributed by atoms with E-state index in [9.17, 15) is 8.42 Å². The summed E-state index contributed by atoms with van der Waals surface area (Å²) < 4.78 is 26.7. The van der Waals surface area contributed by atoms with Crippen molar-refractivity contribution in [2.24, 2.45) is 0 Å². The van der Waals surface area contributed by atoms with Gasteiger partial charge in [0, 0.05) is 34.1 Å². The van der Waals surface area contributed by atoms with E-state index in [1.165, 1.54) is 12.1 Å². The lowest BCUT2D eigenvalue weighted by atomic mass is 10.2. The van der Waals surface area contributed by atoms with E-state index in [1.807, 2.05) is 0 Å². The topological polar surface area (TPSA) is 87.7 Å². The van der Waals surface area contributed by atoms with Crippen LogP contribution in [0.5, 0.6) is 0 Å². The molecule has 25 heavy (non-hydrogen) atoms. The molecule has 3 aromatic rings. The van der Waals surface area contributed by atoms with Crippen LogP contribution in [0.3, 0.4) is 0 Å². The average molecular weight is 395 g/mol. The predicted molar refractivity (Wildman–Crippen MR) is 99.9 cm³/mol. The fraction of sp³-hybridized carbons (Fsp3) is 0. The number of H-pyrrole nitrogens is 1. The van der Waals surface area contributed by atoms with Crippen LogP contribution in [-0.4, -0.2) is 23.6 Å². The van der Waals surface area contributed by atoms with Gasteiger partial charge in [-0.15, -0.1) is 0 Å². The van der Waals surface area contributed by atoms with Gasteiger partial charge in [0.15, 0.2) is 5.82 Å². The largest absolute Gasteiger partial charge is 0.276 e. The molecule has 0 unspecified atom stereocenters. The summed E-state index contributed by atoms with van der Waals surface area (Å²) in [5.74, 6) is 0.179. The molecule has 6 nitrogen and oxygen atoms in total. The smallest absolute Gasteiger partial charge is 0.256 e.